The van der Waals surface area contributed by atoms with E-state index in [2.05, 4.69) is 5.32 Å². The van der Waals surface area contributed by atoms with E-state index in [9.17, 15) is 18.0 Å². The summed E-state index contributed by atoms with van der Waals surface area (Å²) in [5.74, 6) is -0.823. The molecule has 7 heteroatoms. The zero-order valence-electron chi connectivity index (χ0n) is 11.9. The summed E-state index contributed by atoms with van der Waals surface area (Å²) in [5.41, 5.74) is -0.849. The van der Waals surface area contributed by atoms with Crippen LogP contribution in [-0.2, 0) is 6.18 Å². The van der Waals surface area contributed by atoms with E-state index in [1.807, 2.05) is 0 Å². The minimum atomic E-state index is -4.60. The Kier molecular flexibility index (Phi) is 5.22. The van der Waals surface area contributed by atoms with Gasteiger partial charge in [-0.15, -0.1) is 0 Å². The molecule has 1 N–H and O–H groups in total. The van der Waals surface area contributed by atoms with Crippen LogP contribution in [0.5, 0.6) is 0 Å². The highest BCUT2D eigenvalue weighted by molar-refractivity contribution is 6.35. The Morgan fingerprint density at radius 2 is 1.78 bits per heavy atom. The SMILES string of the molecule is CC(NC(=O)c1ccccc1C(F)(F)F)c1ccc(Cl)cc1Cl. The number of amides is 1. The van der Waals surface area contributed by atoms with Crippen molar-refractivity contribution < 1.29 is 18.0 Å². The highest BCUT2D eigenvalue weighted by atomic mass is 35.5. The van der Waals surface area contributed by atoms with E-state index in [1.54, 1.807) is 19.1 Å². The van der Waals surface area contributed by atoms with Crippen LogP contribution in [0, 0.1) is 0 Å². The molecule has 0 aliphatic carbocycles. The molecule has 0 aliphatic rings. The van der Waals surface area contributed by atoms with Crippen molar-refractivity contribution in [2.24, 2.45) is 0 Å². The van der Waals surface area contributed by atoms with Crippen LogP contribution in [0.2, 0.25) is 10.0 Å². The molecule has 0 saturated heterocycles. The molecule has 2 rings (SSSR count). The maximum atomic E-state index is 13.0. The number of rotatable bonds is 3. The maximum Gasteiger partial charge on any atom is 0.417 e. The minimum absolute atomic E-state index is 0.328. The number of hydrogen-bond donors (Lipinski definition) is 1. The van der Waals surface area contributed by atoms with Crippen molar-refractivity contribution in [2.45, 2.75) is 19.1 Å². The first-order chi connectivity index (χ1) is 10.7. The molecule has 0 fully saturated rings. The molecule has 0 heterocycles. The molecule has 122 valence electrons. The topological polar surface area (TPSA) is 29.1 Å². The van der Waals surface area contributed by atoms with Gasteiger partial charge in [-0.05, 0) is 36.8 Å². The first-order valence-corrected chi connectivity index (χ1v) is 7.38. The van der Waals surface area contributed by atoms with Gasteiger partial charge in [-0.1, -0.05) is 41.4 Å². The van der Waals surface area contributed by atoms with Gasteiger partial charge in [0.25, 0.3) is 5.91 Å². The van der Waals surface area contributed by atoms with Crippen molar-refractivity contribution in [3.8, 4) is 0 Å². The lowest BCUT2D eigenvalue weighted by Crippen LogP contribution is -2.29. The van der Waals surface area contributed by atoms with Crippen LogP contribution >= 0.6 is 23.2 Å². The zero-order chi connectivity index (χ0) is 17.2. The molecular formula is C16H12Cl2F3NO. The van der Waals surface area contributed by atoms with Gasteiger partial charge < -0.3 is 5.32 Å². The monoisotopic (exact) mass is 361 g/mol. The van der Waals surface area contributed by atoms with Gasteiger partial charge in [0, 0.05) is 10.0 Å². The van der Waals surface area contributed by atoms with E-state index in [4.69, 9.17) is 23.2 Å². The van der Waals surface area contributed by atoms with Crippen LogP contribution in [0.3, 0.4) is 0 Å². The van der Waals surface area contributed by atoms with Crippen LogP contribution in [0.15, 0.2) is 42.5 Å². The number of hydrogen-bond acceptors (Lipinski definition) is 1. The molecule has 0 radical (unpaired) electrons. The van der Waals surface area contributed by atoms with Gasteiger partial charge in [0.2, 0.25) is 0 Å². The van der Waals surface area contributed by atoms with Gasteiger partial charge in [0.05, 0.1) is 17.2 Å². The van der Waals surface area contributed by atoms with Crippen LogP contribution < -0.4 is 5.32 Å². The summed E-state index contributed by atoms with van der Waals surface area (Å²) in [6.45, 7) is 1.63. The van der Waals surface area contributed by atoms with Gasteiger partial charge in [-0.25, -0.2) is 0 Å². The first-order valence-electron chi connectivity index (χ1n) is 6.62. The maximum absolute atomic E-state index is 13.0. The van der Waals surface area contributed by atoms with E-state index >= 15 is 0 Å². The van der Waals surface area contributed by atoms with Crippen LogP contribution in [0.25, 0.3) is 0 Å². The molecule has 1 unspecified atom stereocenters. The van der Waals surface area contributed by atoms with Gasteiger partial charge in [0.1, 0.15) is 0 Å². The lowest BCUT2D eigenvalue weighted by atomic mass is 10.0. The molecule has 2 nitrogen and oxygen atoms in total. The number of halogens is 5. The fraction of sp³-hybridized carbons (Fsp3) is 0.188. The van der Waals surface area contributed by atoms with Crippen molar-refractivity contribution in [1.29, 1.82) is 0 Å². The molecule has 1 amide bonds. The van der Waals surface area contributed by atoms with E-state index in [0.717, 1.165) is 12.1 Å². The number of carbonyl (C=O) groups is 1. The van der Waals surface area contributed by atoms with Crippen LogP contribution in [-0.4, -0.2) is 5.91 Å². The molecule has 0 aliphatic heterocycles. The van der Waals surface area contributed by atoms with E-state index < -0.39 is 29.3 Å². The Balaban J connectivity index is 2.26. The Morgan fingerprint density at radius 1 is 1.13 bits per heavy atom. The van der Waals surface area contributed by atoms with E-state index in [0.29, 0.717) is 15.6 Å². The summed E-state index contributed by atoms with van der Waals surface area (Å²) in [6, 6.07) is 8.76. The molecule has 0 saturated carbocycles. The average Bonchev–Trinajstić information content (AvgIpc) is 2.46. The van der Waals surface area contributed by atoms with Gasteiger partial charge in [0.15, 0.2) is 0 Å². The summed E-state index contributed by atoms with van der Waals surface area (Å²) >= 11 is 11.8. The second-order valence-corrected chi connectivity index (χ2v) is 5.75. The fourth-order valence-electron chi connectivity index (χ4n) is 2.13. The number of benzene rings is 2. The molecule has 1 atom stereocenters. The lowest BCUT2D eigenvalue weighted by molar-refractivity contribution is -0.137. The predicted molar refractivity (Wildman–Crippen MR) is 83.8 cm³/mol. The average molecular weight is 362 g/mol. The highest BCUT2D eigenvalue weighted by Crippen LogP contribution is 2.32. The minimum Gasteiger partial charge on any atom is -0.345 e. The fourth-order valence-corrected chi connectivity index (χ4v) is 2.71. The Morgan fingerprint density at radius 3 is 2.39 bits per heavy atom. The van der Waals surface area contributed by atoms with Crippen molar-refractivity contribution >= 4 is 29.1 Å². The van der Waals surface area contributed by atoms with Crippen LogP contribution in [0.4, 0.5) is 13.2 Å². The van der Waals surface area contributed by atoms with Gasteiger partial charge in [-0.2, -0.15) is 13.2 Å². The number of nitrogens with one attached hydrogen (secondary N) is 1. The number of carbonyl (C=O) groups excluding carboxylic acids is 1. The second-order valence-electron chi connectivity index (χ2n) is 4.90. The summed E-state index contributed by atoms with van der Waals surface area (Å²) in [7, 11) is 0. The van der Waals surface area contributed by atoms with E-state index in [1.165, 1.54) is 18.2 Å². The third-order valence-corrected chi connectivity index (χ3v) is 3.82. The van der Waals surface area contributed by atoms with Crippen molar-refractivity contribution in [2.75, 3.05) is 0 Å². The molecule has 2 aromatic carbocycles. The molecular weight excluding hydrogens is 350 g/mol. The van der Waals surface area contributed by atoms with Crippen molar-refractivity contribution in [3.05, 3.63) is 69.2 Å². The van der Waals surface area contributed by atoms with Crippen LogP contribution in [0.1, 0.15) is 34.5 Å². The van der Waals surface area contributed by atoms with Gasteiger partial charge in [-0.3, -0.25) is 4.79 Å². The Labute approximate surface area is 141 Å². The van der Waals surface area contributed by atoms with Gasteiger partial charge >= 0.3 is 6.18 Å². The second kappa shape index (κ2) is 6.81. The first kappa shape index (κ1) is 17.6. The third kappa shape index (κ3) is 4.18. The normalized spacial score (nSPS) is 12.8. The number of alkyl halides is 3. The molecule has 0 bridgehead atoms. The zero-order valence-corrected chi connectivity index (χ0v) is 13.4. The largest absolute Gasteiger partial charge is 0.417 e. The van der Waals surface area contributed by atoms with Crippen molar-refractivity contribution in [1.82, 2.24) is 5.32 Å². The van der Waals surface area contributed by atoms with E-state index in [-0.39, 0.29) is 0 Å². The lowest BCUT2D eigenvalue weighted by Gasteiger charge is -2.18. The molecule has 0 spiro atoms. The third-order valence-electron chi connectivity index (χ3n) is 3.25. The summed E-state index contributed by atoms with van der Waals surface area (Å²) in [4.78, 5) is 12.2. The Bertz CT molecular complexity index is 732. The smallest absolute Gasteiger partial charge is 0.345 e. The summed E-state index contributed by atoms with van der Waals surface area (Å²) in [6.07, 6.45) is -4.60. The quantitative estimate of drug-likeness (QED) is 0.767. The standard InChI is InChI=1S/C16H12Cl2F3NO/c1-9(11-7-6-10(17)8-14(11)18)22-15(23)12-4-2-3-5-13(12)16(19,20)21/h2-9H,1H3,(H,22,23). The summed E-state index contributed by atoms with van der Waals surface area (Å²) in [5, 5.41) is 3.28. The highest BCUT2D eigenvalue weighted by Gasteiger charge is 2.35. The Hall–Kier alpha value is -1.72. The van der Waals surface area contributed by atoms with Crippen molar-refractivity contribution in [3.63, 3.8) is 0 Å². The molecule has 23 heavy (non-hydrogen) atoms. The summed E-state index contributed by atoms with van der Waals surface area (Å²) < 4.78 is 38.9. The molecule has 0 aromatic heterocycles. The molecule has 2 aromatic rings. The predicted octanol–water partition coefficient (Wildman–Crippen LogP) is 5.50.